The lowest BCUT2D eigenvalue weighted by Gasteiger charge is -2.18. The van der Waals surface area contributed by atoms with E-state index in [0.29, 0.717) is 12.8 Å². The van der Waals surface area contributed by atoms with Crippen molar-refractivity contribution in [2.24, 2.45) is 17.8 Å². The third kappa shape index (κ3) is 3.17. The van der Waals surface area contributed by atoms with Crippen molar-refractivity contribution in [3.05, 3.63) is 16.1 Å². The fraction of sp³-hybridized carbons (Fsp3) is 0.643. The number of aryl methyl sites for hydroxylation is 1. The Balaban J connectivity index is 2.02. The van der Waals surface area contributed by atoms with Crippen molar-refractivity contribution in [1.29, 1.82) is 0 Å². The van der Waals surface area contributed by atoms with Crippen LogP contribution in [0, 0.1) is 24.7 Å². The van der Waals surface area contributed by atoms with Crippen LogP contribution in [0.4, 0.5) is 0 Å². The average Bonchev–Trinajstić information content (AvgIpc) is 2.95. The SMILES string of the molecule is Cc1cnc(C(C)NC(=O)C2CC(C)CC2C(=O)O)s1. The van der Waals surface area contributed by atoms with Gasteiger partial charge in [-0.2, -0.15) is 0 Å². The van der Waals surface area contributed by atoms with E-state index in [0.717, 1.165) is 9.88 Å². The van der Waals surface area contributed by atoms with Gasteiger partial charge in [0.2, 0.25) is 5.91 Å². The highest BCUT2D eigenvalue weighted by molar-refractivity contribution is 7.11. The van der Waals surface area contributed by atoms with Crippen molar-refractivity contribution in [2.75, 3.05) is 0 Å². The monoisotopic (exact) mass is 296 g/mol. The summed E-state index contributed by atoms with van der Waals surface area (Å²) in [4.78, 5) is 28.9. The van der Waals surface area contributed by atoms with Crippen LogP contribution in [0.15, 0.2) is 6.20 Å². The molecule has 110 valence electrons. The van der Waals surface area contributed by atoms with Crippen LogP contribution in [0.5, 0.6) is 0 Å². The molecular formula is C14H20N2O3S. The van der Waals surface area contributed by atoms with Crippen molar-refractivity contribution in [1.82, 2.24) is 10.3 Å². The molecule has 0 spiro atoms. The summed E-state index contributed by atoms with van der Waals surface area (Å²) >= 11 is 1.55. The molecule has 20 heavy (non-hydrogen) atoms. The van der Waals surface area contributed by atoms with Gasteiger partial charge in [0.15, 0.2) is 0 Å². The third-order valence-electron chi connectivity index (χ3n) is 3.82. The van der Waals surface area contributed by atoms with Crippen molar-refractivity contribution >= 4 is 23.2 Å². The number of thiazole rings is 1. The lowest BCUT2D eigenvalue weighted by Crippen LogP contribution is -2.36. The van der Waals surface area contributed by atoms with Gasteiger partial charge in [-0.25, -0.2) is 4.98 Å². The highest BCUT2D eigenvalue weighted by atomic mass is 32.1. The number of carboxylic acid groups (broad SMARTS) is 1. The number of hydrogen-bond donors (Lipinski definition) is 2. The number of hydrogen-bond acceptors (Lipinski definition) is 4. The molecule has 6 heteroatoms. The van der Waals surface area contributed by atoms with E-state index in [9.17, 15) is 14.7 Å². The summed E-state index contributed by atoms with van der Waals surface area (Å²) in [6, 6.07) is -0.174. The molecule has 1 aromatic heterocycles. The molecule has 5 nitrogen and oxygen atoms in total. The fourth-order valence-electron chi connectivity index (χ4n) is 2.81. The molecule has 1 saturated carbocycles. The molecule has 2 N–H and O–H groups in total. The van der Waals surface area contributed by atoms with Crippen LogP contribution < -0.4 is 5.32 Å². The number of carboxylic acids is 1. The average molecular weight is 296 g/mol. The summed E-state index contributed by atoms with van der Waals surface area (Å²) in [5.74, 6) is -1.74. The Hall–Kier alpha value is -1.43. The fourth-order valence-corrected chi connectivity index (χ4v) is 3.59. The number of nitrogens with zero attached hydrogens (tertiary/aromatic N) is 1. The smallest absolute Gasteiger partial charge is 0.307 e. The summed E-state index contributed by atoms with van der Waals surface area (Å²) in [5.41, 5.74) is 0. The topological polar surface area (TPSA) is 79.3 Å². The van der Waals surface area contributed by atoms with Crippen LogP contribution in [0.2, 0.25) is 0 Å². The standard InChI is InChI=1S/C14H20N2O3S/c1-7-4-10(11(5-7)14(18)19)12(17)16-9(3)13-15-6-8(2)20-13/h6-7,9-11H,4-5H2,1-3H3,(H,16,17)(H,18,19). The molecule has 1 aliphatic rings. The lowest BCUT2D eigenvalue weighted by atomic mass is 9.95. The minimum atomic E-state index is -0.868. The molecule has 0 saturated heterocycles. The maximum absolute atomic E-state index is 12.3. The van der Waals surface area contributed by atoms with Gasteiger partial charge < -0.3 is 10.4 Å². The normalized spacial score (nSPS) is 27.2. The van der Waals surface area contributed by atoms with E-state index < -0.39 is 17.8 Å². The largest absolute Gasteiger partial charge is 0.481 e. The molecule has 0 radical (unpaired) electrons. The number of nitrogens with one attached hydrogen (secondary N) is 1. The molecule has 1 aromatic rings. The molecule has 1 fully saturated rings. The number of aromatic nitrogens is 1. The van der Waals surface area contributed by atoms with Crippen LogP contribution in [-0.2, 0) is 9.59 Å². The number of rotatable bonds is 4. The zero-order chi connectivity index (χ0) is 14.9. The van der Waals surface area contributed by atoms with Gasteiger partial charge in [0, 0.05) is 11.1 Å². The van der Waals surface area contributed by atoms with Crippen molar-refractivity contribution < 1.29 is 14.7 Å². The maximum Gasteiger partial charge on any atom is 0.307 e. The Kier molecular flexibility index (Phi) is 4.42. The molecule has 0 bridgehead atoms. The second-order valence-electron chi connectivity index (χ2n) is 5.67. The minimum Gasteiger partial charge on any atom is -0.481 e. The predicted molar refractivity (Wildman–Crippen MR) is 76.4 cm³/mol. The first-order valence-electron chi connectivity index (χ1n) is 6.84. The molecular weight excluding hydrogens is 276 g/mol. The van der Waals surface area contributed by atoms with Gasteiger partial charge in [-0.15, -0.1) is 11.3 Å². The molecule has 1 aliphatic carbocycles. The molecule has 0 aromatic carbocycles. The molecule has 4 atom stereocenters. The van der Waals surface area contributed by atoms with Crippen LogP contribution in [-0.4, -0.2) is 22.0 Å². The highest BCUT2D eigenvalue weighted by Crippen LogP contribution is 2.37. The molecule has 1 amide bonds. The molecule has 4 unspecified atom stereocenters. The van der Waals surface area contributed by atoms with E-state index in [-0.39, 0.29) is 17.9 Å². The van der Waals surface area contributed by atoms with E-state index in [1.54, 1.807) is 17.5 Å². The first-order chi connectivity index (χ1) is 9.38. The van der Waals surface area contributed by atoms with Crippen LogP contribution in [0.3, 0.4) is 0 Å². The van der Waals surface area contributed by atoms with Crippen molar-refractivity contribution in [2.45, 2.75) is 39.7 Å². The minimum absolute atomic E-state index is 0.165. The number of carbonyl (C=O) groups excluding carboxylic acids is 1. The van der Waals surface area contributed by atoms with Gasteiger partial charge in [0.05, 0.1) is 17.9 Å². The van der Waals surface area contributed by atoms with Crippen molar-refractivity contribution in [3.63, 3.8) is 0 Å². The first kappa shape index (κ1) is 15.0. The predicted octanol–water partition coefficient (Wildman–Crippen LogP) is 2.38. The lowest BCUT2D eigenvalue weighted by molar-refractivity contribution is -0.146. The van der Waals surface area contributed by atoms with E-state index in [1.807, 2.05) is 20.8 Å². The van der Waals surface area contributed by atoms with Gasteiger partial charge in [0.25, 0.3) is 0 Å². The number of aliphatic carboxylic acids is 1. The summed E-state index contributed by atoms with van der Waals surface area (Å²) in [6.45, 7) is 5.84. The highest BCUT2D eigenvalue weighted by Gasteiger charge is 2.41. The second kappa shape index (κ2) is 5.91. The van der Waals surface area contributed by atoms with Gasteiger partial charge in [0.1, 0.15) is 5.01 Å². The Bertz CT molecular complexity index is 514. The summed E-state index contributed by atoms with van der Waals surface area (Å²) in [6.07, 6.45) is 3.00. The molecule has 0 aliphatic heterocycles. The van der Waals surface area contributed by atoms with E-state index >= 15 is 0 Å². The Morgan fingerprint density at radius 1 is 1.45 bits per heavy atom. The van der Waals surface area contributed by atoms with Crippen LogP contribution in [0.1, 0.15) is 42.6 Å². The quantitative estimate of drug-likeness (QED) is 0.894. The van der Waals surface area contributed by atoms with E-state index in [1.165, 1.54) is 0 Å². The Morgan fingerprint density at radius 2 is 2.10 bits per heavy atom. The van der Waals surface area contributed by atoms with Crippen LogP contribution in [0.25, 0.3) is 0 Å². The van der Waals surface area contributed by atoms with E-state index in [4.69, 9.17) is 0 Å². The molecule has 2 rings (SSSR count). The Morgan fingerprint density at radius 3 is 2.65 bits per heavy atom. The van der Waals surface area contributed by atoms with Gasteiger partial charge >= 0.3 is 5.97 Å². The summed E-state index contributed by atoms with van der Waals surface area (Å²) in [7, 11) is 0. The third-order valence-corrected chi connectivity index (χ3v) is 4.92. The Labute approximate surface area is 122 Å². The van der Waals surface area contributed by atoms with Gasteiger partial charge in [-0.1, -0.05) is 6.92 Å². The first-order valence-corrected chi connectivity index (χ1v) is 7.65. The molecule has 1 heterocycles. The zero-order valence-corrected chi connectivity index (χ0v) is 12.7. The number of carbonyl (C=O) groups is 2. The van der Waals surface area contributed by atoms with Gasteiger partial charge in [-0.05, 0) is 32.6 Å². The second-order valence-corrected chi connectivity index (χ2v) is 6.93. The van der Waals surface area contributed by atoms with E-state index in [2.05, 4.69) is 10.3 Å². The summed E-state index contributed by atoms with van der Waals surface area (Å²) in [5, 5.41) is 13.0. The van der Waals surface area contributed by atoms with Crippen LogP contribution >= 0.6 is 11.3 Å². The summed E-state index contributed by atoms with van der Waals surface area (Å²) < 4.78 is 0. The zero-order valence-electron chi connectivity index (χ0n) is 11.9. The maximum atomic E-state index is 12.3. The van der Waals surface area contributed by atoms with Gasteiger partial charge in [-0.3, -0.25) is 9.59 Å². The van der Waals surface area contributed by atoms with Crippen molar-refractivity contribution in [3.8, 4) is 0 Å². The number of amides is 1.